The zero-order valence-corrected chi connectivity index (χ0v) is 12.8. The molecule has 1 atom stereocenters. The van der Waals surface area contributed by atoms with E-state index in [1.54, 1.807) is 0 Å². The summed E-state index contributed by atoms with van der Waals surface area (Å²) in [5.41, 5.74) is -0.664. The molecule has 1 N–H and O–H groups in total. The number of aliphatic carboxylic acids is 1. The molecule has 0 aliphatic rings. The van der Waals surface area contributed by atoms with Gasteiger partial charge < -0.3 is 9.84 Å². The van der Waals surface area contributed by atoms with Gasteiger partial charge in [0.2, 0.25) is 5.82 Å². The zero-order chi connectivity index (χ0) is 17.7. The van der Waals surface area contributed by atoms with Gasteiger partial charge >= 0.3 is 5.97 Å². The van der Waals surface area contributed by atoms with E-state index in [4.69, 9.17) is 5.11 Å². The van der Waals surface area contributed by atoms with Crippen molar-refractivity contribution in [3.8, 4) is 5.75 Å². The molecule has 0 saturated carbocycles. The van der Waals surface area contributed by atoms with Gasteiger partial charge in [0.1, 0.15) is 0 Å². The number of methoxy groups -OCH3 is 1. The minimum atomic E-state index is -1.52. The highest BCUT2D eigenvalue weighted by atomic mass is 19.2. The Balaban J connectivity index is 3.24. The van der Waals surface area contributed by atoms with Crippen molar-refractivity contribution in [3.63, 3.8) is 0 Å². The molecule has 0 aliphatic heterocycles. The summed E-state index contributed by atoms with van der Waals surface area (Å²) in [6.45, 7) is 0. The summed E-state index contributed by atoms with van der Waals surface area (Å²) in [4.78, 5) is 24.3. The fraction of sp³-hybridized carbons (Fsp3) is 0.333. The van der Waals surface area contributed by atoms with Crippen LogP contribution in [0.15, 0.2) is 18.2 Å². The topological polar surface area (TPSA) is 66.8 Å². The Morgan fingerprint density at radius 2 is 1.91 bits per heavy atom. The molecule has 8 heteroatoms. The first-order valence-electron chi connectivity index (χ1n) is 6.52. The molecule has 1 rings (SSSR count). The number of ether oxygens (including phenoxy) is 1. The number of Topliss-reactive ketones (excluding diaryl/α,β-unsaturated/α-hetero) is 1. The van der Waals surface area contributed by atoms with Crippen LogP contribution < -0.4 is 4.74 Å². The third kappa shape index (κ3) is 4.32. The Kier molecular flexibility index (Phi) is 6.32. The van der Waals surface area contributed by atoms with E-state index < -0.39 is 46.6 Å². The van der Waals surface area contributed by atoms with Crippen LogP contribution >= 0.6 is 0 Å². The van der Waals surface area contributed by atoms with Crippen molar-refractivity contribution >= 4 is 11.8 Å². The summed E-state index contributed by atoms with van der Waals surface area (Å²) in [5.74, 6) is -7.23. The smallest absolute Gasteiger partial charge is 0.327 e. The molecular formula is C15H16F3NO4. The number of benzene rings is 1. The lowest BCUT2D eigenvalue weighted by Crippen LogP contribution is -2.36. The second kappa shape index (κ2) is 7.77. The molecule has 0 amide bonds. The van der Waals surface area contributed by atoms with Gasteiger partial charge in [-0.1, -0.05) is 6.08 Å². The number of ketones is 1. The Labute approximate surface area is 131 Å². The van der Waals surface area contributed by atoms with E-state index in [1.165, 1.54) is 25.1 Å². The number of likely N-dealkylation sites (N-methyl/N-ethyl adjacent to an activating group) is 1. The predicted octanol–water partition coefficient (Wildman–Crippen LogP) is 2.26. The van der Waals surface area contributed by atoms with Crippen molar-refractivity contribution in [1.29, 1.82) is 0 Å². The Bertz CT molecular complexity index is 644. The molecule has 1 unspecified atom stereocenters. The van der Waals surface area contributed by atoms with Crippen LogP contribution in [0.25, 0.3) is 0 Å². The van der Waals surface area contributed by atoms with E-state index in [1.807, 2.05) is 0 Å². The van der Waals surface area contributed by atoms with E-state index >= 15 is 0 Å². The van der Waals surface area contributed by atoms with Crippen LogP contribution in [-0.4, -0.2) is 49.0 Å². The van der Waals surface area contributed by atoms with Gasteiger partial charge in [-0.2, -0.15) is 4.39 Å². The van der Waals surface area contributed by atoms with Crippen molar-refractivity contribution in [2.75, 3.05) is 21.2 Å². The Morgan fingerprint density at radius 3 is 2.39 bits per heavy atom. The number of nitrogens with zero attached hydrogens (tertiary/aromatic N) is 1. The molecule has 0 spiro atoms. The second-order valence-corrected chi connectivity index (χ2v) is 4.89. The summed E-state index contributed by atoms with van der Waals surface area (Å²) in [7, 11) is 3.99. The predicted molar refractivity (Wildman–Crippen MR) is 76.1 cm³/mol. The largest absolute Gasteiger partial charge is 0.491 e. The summed E-state index contributed by atoms with van der Waals surface area (Å²) >= 11 is 0. The molecular weight excluding hydrogens is 315 g/mol. The number of rotatable bonds is 7. The average Bonchev–Trinajstić information content (AvgIpc) is 2.46. The lowest BCUT2D eigenvalue weighted by atomic mass is 9.99. The Hall–Kier alpha value is -2.35. The Morgan fingerprint density at radius 1 is 1.30 bits per heavy atom. The number of carboxylic acids is 1. The maximum atomic E-state index is 14.2. The number of carbonyl (C=O) groups is 2. The maximum Gasteiger partial charge on any atom is 0.327 e. The zero-order valence-electron chi connectivity index (χ0n) is 12.8. The highest BCUT2D eigenvalue weighted by Gasteiger charge is 2.28. The lowest BCUT2D eigenvalue weighted by Gasteiger charge is -2.22. The number of hydrogen-bond acceptors (Lipinski definition) is 4. The molecule has 0 bridgehead atoms. The fourth-order valence-corrected chi connectivity index (χ4v) is 1.97. The first kappa shape index (κ1) is 18.7. The molecule has 0 radical (unpaired) electrons. The summed E-state index contributed by atoms with van der Waals surface area (Å²) in [5, 5.41) is 8.55. The van der Waals surface area contributed by atoms with Gasteiger partial charge in [0.25, 0.3) is 0 Å². The van der Waals surface area contributed by atoms with Gasteiger partial charge in [-0.3, -0.25) is 9.69 Å². The van der Waals surface area contributed by atoms with Gasteiger partial charge in [-0.05, 0) is 26.6 Å². The van der Waals surface area contributed by atoms with Crippen molar-refractivity contribution in [1.82, 2.24) is 4.90 Å². The summed E-state index contributed by atoms with van der Waals surface area (Å²) in [6, 6.07) is -0.484. The SMILES string of the molecule is COc1c(F)c(F)cc(C(=O)C(CC=CC(=O)O)N(C)C)c1F. The fourth-order valence-electron chi connectivity index (χ4n) is 1.97. The second-order valence-electron chi connectivity index (χ2n) is 4.89. The van der Waals surface area contributed by atoms with E-state index in [-0.39, 0.29) is 6.42 Å². The minimum absolute atomic E-state index is 0.0428. The summed E-state index contributed by atoms with van der Waals surface area (Å²) in [6.07, 6.45) is 2.02. The monoisotopic (exact) mass is 331 g/mol. The van der Waals surface area contributed by atoms with Gasteiger partial charge in [0.05, 0.1) is 18.7 Å². The van der Waals surface area contributed by atoms with Crippen molar-refractivity contribution in [2.24, 2.45) is 0 Å². The number of carboxylic acid groups (broad SMARTS) is 1. The highest BCUT2D eigenvalue weighted by Crippen LogP contribution is 2.28. The third-order valence-corrected chi connectivity index (χ3v) is 3.13. The normalized spacial score (nSPS) is 12.7. The quantitative estimate of drug-likeness (QED) is 0.472. The van der Waals surface area contributed by atoms with E-state index in [2.05, 4.69) is 4.74 Å². The van der Waals surface area contributed by atoms with Gasteiger partial charge in [-0.25, -0.2) is 13.6 Å². The molecule has 0 fully saturated rings. The van der Waals surface area contributed by atoms with Crippen LogP contribution in [0.1, 0.15) is 16.8 Å². The molecule has 0 aromatic heterocycles. The molecule has 0 heterocycles. The third-order valence-electron chi connectivity index (χ3n) is 3.13. The molecule has 5 nitrogen and oxygen atoms in total. The van der Waals surface area contributed by atoms with E-state index in [0.29, 0.717) is 6.07 Å². The molecule has 126 valence electrons. The van der Waals surface area contributed by atoms with E-state index in [9.17, 15) is 22.8 Å². The van der Waals surface area contributed by atoms with Gasteiger partial charge in [-0.15, -0.1) is 0 Å². The first-order chi connectivity index (χ1) is 10.7. The molecule has 0 aliphatic carbocycles. The molecule has 1 aromatic rings. The van der Waals surface area contributed by atoms with Gasteiger partial charge in [0.15, 0.2) is 23.2 Å². The highest BCUT2D eigenvalue weighted by molar-refractivity contribution is 6.01. The molecule has 1 aromatic carbocycles. The van der Waals surface area contributed by atoms with Crippen molar-refractivity contribution in [3.05, 3.63) is 41.2 Å². The minimum Gasteiger partial charge on any atom is -0.491 e. The van der Waals surface area contributed by atoms with Gasteiger partial charge in [0, 0.05) is 6.08 Å². The van der Waals surface area contributed by atoms with E-state index in [0.717, 1.165) is 13.2 Å². The first-order valence-corrected chi connectivity index (χ1v) is 6.52. The number of halogens is 3. The molecule has 0 saturated heterocycles. The average molecular weight is 331 g/mol. The maximum absolute atomic E-state index is 14.2. The van der Waals surface area contributed by atoms with Crippen molar-refractivity contribution in [2.45, 2.75) is 12.5 Å². The van der Waals surface area contributed by atoms with Crippen LogP contribution in [0.3, 0.4) is 0 Å². The number of carbonyl (C=O) groups excluding carboxylic acids is 1. The molecule has 23 heavy (non-hydrogen) atoms. The van der Waals surface area contributed by atoms with Crippen LogP contribution in [0.4, 0.5) is 13.2 Å². The van der Waals surface area contributed by atoms with Crippen LogP contribution in [0, 0.1) is 17.5 Å². The van der Waals surface area contributed by atoms with Crippen LogP contribution in [0.5, 0.6) is 5.75 Å². The number of hydrogen-bond donors (Lipinski definition) is 1. The van der Waals surface area contributed by atoms with Crippen LogP contribution in [0.2, 0.25) is 0 Å². The van der Waals surface area contributed by atoms with Crippen LogP contribution in [-0.2, 0) is 4.79 Å². The van der Waals surface area contributed by atoms with Crippen molar-refractivity contribution < 1.29 is 32.6 Å². The summed E-state index contributed by atoms with van der Waals surface area (Å²) < 4.78 is 45.5. The lowest BCUT2D eigenvalue weighted by molar-refractivity contribution is -0.131. The standard InChI is InChI=1S/C15H16F3NO4/c1-19(2)10(5-4-6-11(20)21)14(22)8-7-9(16)13(18)15(23-3)12(8)17/h4,6-7,10H,5H2,1-3H3,(H,20,21).